The van der Waals surface area contributed by atoms with Gasteiger partial charge in [-0.05, 0) is 51.8 Å². The zero-order valence-corrected chi connectivity index (χ0v) is 14.8. The van der Waals surface area contributed by atoms with E-state index in [4.69, 9.17) is 9.47 Å². The molecule has 0 bridgehead atoms. The molecule has 1 fully saturated rings. The SMILES string of the molecule is Cc1cc(C(=O)COC(=O)[C@@H](C)Oc2ccccc2)c(C)n1C1CC1. The summed E-state index contributed by atoms with van der Waals surface area (Å²) in [7, 11) is 0. The van der Waals surface area contributed by atoms with Crippen LogP contribution >= 0.6 is 0 Å². The molecule has 0 spiro atoms. The number of hydrogen-bond acceptors (Lipinski definition) is 4. The van der Waals surface area contributed by atoms with Gasteiger partial charge >= 0.3 is 5.97 Å². The molecule has 1 aromatic heterocycles. The smallest absolute Gasteiger partial charge is 0.347 e. The van der Waals surface area contributed by atoms with Gasteiger partial charge in [-0.15, -0.1) is 0 Å². The average Bonchev–Trinajstić information content (AvgIpc) is 3.38. The fourth-order valence-electron chi connectivity index (χ4n) is 3.04. The molecule has 1 aliphatic carbocycles. The lowest BCUT2D eigenvalue weighted by molar-refractivity contribution is -0.149. The molecule has 1 atom stereocenters. The summed E-state index contributed by atoms with van der Waals surface area (Å²) in [6.45, 7) is 5.29. The molecule has 3 rings (SSSR count). The minimum absolute atomic E-state index is 0.180. The molecule has 1 aromatic carbocycles. The molecule has 5 nitrogen and oxygen atoms in total. The highest BCUT2D eigenvalue weighted by Gasteiger charge is 2.28. The summed E-state index contributed by atoms with van der Waals surface area (Å²) < 4.78 is 12.9. The molecule has 0 saturated heterocycles. The van der Waals surface area contributed by atoms with E-state index < -0.39 is 12.1 Å². The van der Waals surface area contributed by atoms with Gasteiger partial charge in [0.25, 0.3) is 0 Å². The number of carbonyl (C=O) groups excluding carboxylic acids is 2. The highest BCUT2D eigenvalue weighted by Crippen LogP contribution is 2.38. The maximum Gasteiger partial charge on any atom is 0.347 e. The van der Waals surface area contributed by atoms with Crippen molar-refractivity contribution in [1.82, 2.24) is 4.57 Å². The second-order valence-corrected chi connectivity index (χ2v) is 6.49. The Hall–Kier alpha value is -2.56. The maximum absolute atomic E-state index is 12.4. The topological polar surface area (TPSA) is 57.5 Å². The van der Waals surface area contributed by atoms with Crippen LogP contribution in [0.3, 0.4) is 0 Å². The summed E-state index contributed by atoms with van der Waals surface area (Å²) >= 11 is 0. The fourth-order valence-corrected chi connectivity index (χ4v) is 3.04. The maximum atomic E-state index is 12.4. The van der Waals surface area contributed by atoms with Gasteiger partial charge < -0.3 is 14.0 Å². The van der Waals surface area contributed by atoms with Crippen LogP contribution in [0, 0.1) is 13.8 Å². The number of rotatable bonds is 7. The fraction of sp³-hybridized carbons (Fsp3) is 0.400. The van der Waals surface area contributed by atoms with E-state index in [0.717, 1.165) is 24.2 Å². The Morgan fingerprint density at radius 3 is 2.52 bits per heavy atom. The van der Waals surface area contributed by atoms with Crippen LogP contribution in [0.5, 0.6) is 5.75 Å². The number of ether oxygens (including phenoxy) is 2. The van der Waals surface area contributed by atoms with Crippen molar-refractivity contribution in [3.8, 4) is 5.75 Å². The van der Waals surface area contributed by atoms with Crippen molar-refractivity contribution in [2.24, 2.45) is 0 Å². The Balaban J connectivity index is 1.57. The summed E-state index contributed by atoms with van der Waals surface area (Å²) in [6, 6.07) is 11.5. The first-order valence-electron chi connectivity index (χ1n) is 8.57. The Morgan fingerprint density at radius 1 is 1.20 bits per heavy atom. The third-order valence-corrected chi connectivity index (χ3v) is 4.43. The first-order chi connectivity index (χ1) is 12.0. The highest BCUT2D eigenvalue weighted by atomic mass is 16.6. The molecule has 0 radical (unpaired) electrons. The van der Waals surface area contributed by atoms with Crippen LogP contribution in [0.4, 0.5) is 0 Å². The number of ketones is 1. The van der Waals surface area contributed by atoms with Crippen LogP contribution in [-0.2, 0) is 9.53 Å². The number of aryl methyl sites for hydroxylation is 1. The standard InChI is InChI=1S/C20H23NO4/c1-13-11-18(14(2)21(13)16-9-10-16)19(22)12-24-20(23)15(3)25-17-7-5-4-6-8-17/h4-8,11,15-16H,9-10,12H2,1-3H3/t15-/m1/s1. The molecule has 0 unspecified atom stereocenters. The molecule has 132 valence electrons. The summed E-state index contributed by atoms with van der Waals surface area (Å²) in [4.78, 5) is 24.5. The van der Waals surface area contributed by atoms with Gasteiger partial charge in [0.2, 0.25) is 5.78 Å². The summed E-state index contributed by atoms with van der Waals surface area (Å²) in [5, 5.41) is 0. The van der Waals surface area contributed by atoms with Crippen molar-refractivity contribution in [3.05, 3.63) is 53.3 Å². The van der Waals surface area contributed by atoms with E-state index in [-0.39, 0.29) is 12.4 Å². The van der Waals surface area contributed by atoms with Crippen LogP contribution in [0.2, 0.25) is 0 Å². The minimum Gasteiger partial charge on any atom is -0.479 e. The van der Waals surface area contributed by atoms with Crippen molar-refractivity contribution in [1.29, 1.82) is 0 Å². The van der Waals surface area contributed by atoms with Gasteiger partial charge in [-0.2, -0.15) is 0 Å². The van der Waals surface area contributed by atoms with E-state index in [1.54, 1.807) is 19.1 Å². The molecule has 5 heteroatoms. The molecule has 1 heterocycles. The molecular weight excluding hydrogens is 318 g/mol. The average molecular weight is 341 g/mol. The van der Waals surface area contributed by atoms with Gasteiger partial charge in [-0.1, -0.05) is 18.2 Å². The Labute approximate surface area is 147 Å². The van der Waals surface area contributed by atoms with Crippen molar-refractivity contribution < 1.29 is 19.1 Å². The first-order valence-corrected chi connectivity index (χ1v) is 8.57. The van der Waals surface area contributed by atoms with Crippen LogP contribution in [-0.4, -0.2) is 29.0 Å². The molecule has 0 N–H and O–H groups in total. The predicted molar refractivity (Wildman–Crippen MR) is 94.0 cm³/mol. The second kappa shape index (κ2) is 7.13. The van der Waals surface area contributed by atoms with Gasteiger partial charge in [0.05, 0.1) is 0 Å². The van der Waals surface area contributed by atoms with Gasteiger partial charge in [0.15, 0.2) is 12.7 Å². The number of aromatic nitrogens is 1. The third-order valence-electron chi connectivity index (χ3n) is 4.43. The molecule has 0 aliphatic heterocycles. The quantitative estimate of drug-likeness (QED) is 0.570. The first kappa shape index (κ1) is 17.3. The van der Waals surface area contributed by atoms with E-state index in [1.165, 1.54) is 0 Å². The van der Waals surface area contributed by atoms with Crippen molar-refractivity contribution >= 4 is 11.8 Å². The lowest BCUT2D eigenvalue weighted by Crippen LogP contribution is -2.28. The van der Waals surface area contributed by atoms with Crippen LogP contribution in [0.15, 0.2) is 36.4 Å². The van der Waals surface area contributed by atoms with Gasteiger partial charge in [0.1, 0.15) is 5.75 Å². The number of Topliss-reactive ketones (excluding diaryl/α,β-unsaturated/α-hetero) is 1. The number of hydrogen-bond donors (Lipinski definition) is 0. The number of benzene rings is 1. The van der Waals surface area contributed by atoms with Crippen molar-refractivity contribution in [2.45, 2.75) is 45.8 Å². The van der Waals surface area contributed by atoms with Crippen LogP contribution < -0.4 is 4.74 Å². The summed E-state index contributed by atoms with van der Waals surface area (Å²) in [5.74, 6) is -0.139. The largest absolute Gasteiger partial charge is 0.479 e. The normalized spacial score (nSPS) is 14.8. The summed E-state index contributed by atoms with van der Waals surface area (Å²) in [5.41, 5.74) is 2.67. The van der Waals surface area contributed by atoms with Gasteiger partial charge in [-0.25, -0.2) is 4.79 Å². The Bertz CT molecular complexity index is 774. The van der Waals surface area contributed by atoms with E-state index >= 15 is 0 Å². The molecular formula is C20H23NO4. The zero-order chi connectivity index (χ0) is 18.0. The van der Waals surface area contributed by atoms with Gasteiger partial charge in [-0.3, -0.25) is 4.79 Å². The lowest BCUT2D eigenvalue weighted by atomic mass is 10.1. The molecule has 2 aromatic rings. The highest BCUT2D eigenvalue weighted by molar-refractivity contribution is 5.99. The van der Waals surface area contributed by atoms with Crippen LogP contribution in [0.25, 0.3) is 0 Å². The Kier molecular flexibility index (Phi) is 4.93. The summed E-state index contributed by atoms with van der Waals surface area (Å²) in [6.07, 6.45) is 1.55. The number of esters is 1. The Morgan fingerprint density at radius 2 is 1.88 bits per heavy atom. The molecule has 1 saturated carbocycles. The van der Waals surface area contributed by atoms with Crippen molar-refractivity contribution in [3.63, 3.8) is 0 Å². The third kappa shape index (κ3) is 3.92. The van der Waals surface area contributed by atoms with Crippen molar-refractivity contribution in [2.75, 3.05) is 6.61 Å². The molecule has 1 aliphatic rings. The number of nitrogens with zero attached hydrogens (tertiary/aromatic N) is 1. The predicted octanol–water partition coefficient (Wildman–Crippen LogP) is 3.63. The lowest BCUT2D eigenvalue weighted by Gasteiger charge is -2.13. The zero-order valence-electron chi connectivity index (χ0n) is 14.8. The van der Waals surface area contributed by atoms with E-state index in [0.29, 0.717) is 17.4 Å². The van der Waals surface area contributed by atoms with E-state index in [1.807, 2.05) is 38.1 Å². The molecule has 25 heavy (non-hydrogen) atoms. The minimum atomic E-state index is -0.769. The molecule has 0 amide bonds. The van der Waals surface area contributed by atoms with E-state index in [2.05, 4.69) is 4.57 Å². The second-order valence-electron chi connectivity index (χ2n) is 6.49. The van der Waals surface area contributed by atoms with E-state index in [9.17, 15) is 9.59 Å². The number of para-hydroxylation sites is 1. The van der Waals surface area contributed by atoms with Gasteiger partial charge in [0, 0.05) is 23.0 Å². The van der Waals surface area contributed by atoms with Crippen LogP contribution in [0.1, 0.15) is 47.6 Å². The number of carbonyl (C=O) groups is 2. The monoisotopic (exact) mass is 341 g/mol.